The van der Waals surface area contributed by atoms with Crippen molar-refractivity contribution < 1.29 is 14.4 Å². The minimum Gasteiger partial charge on any atom is -0.342 e. The fraction of sp³-hybridized carbons (Fsp3) is 0.667. The second-order valence-electron chi connectivity index (χ2n) is 7.76. The Hall–Kier alpha value is -1.76. The van der Waals surface area contributed by atoms with Crippen molar-refractivity contribution in [1.29, 1.82) is 0 Å². The molecule has 6 nitrogen and oxygen atoms in total. The number of thiazole rings is 1. The number of carbonyl (C=O) groups is 3. The lowest BCUT2D eigenvalue weighted by molar-refractivity contribution is -0.134. The molecule has 25 heavy (non-hydrogen) atoms. The van der Waals surface area contributed by atoms with Gasteiger partial charge < -0.3 is 10.2 Å². The lowest BCUT2D eigenvalue weighted by Crippen LogP contribution is -2.43. The molecule has 1 aromatic rings. The molecule has 0 saturated carbocycles. The molecule has 7 heteroatoms. The van der Waals surface area contributed by atoms with Gasteiger partial charge in [-0.15, -0.1) is 0 Å². The molecule has 2 amide bonds. The van der Waals surface area contributed by atoms with Gasteiger partial charge in [-0.25, -0.2) is 4.98 Å². The molecule has 1 N–H and O–H groups in total. The van der Waals surface area contributed by atoms with Crippen LogP contribution in [0, 0.1) is 11.3 Å². The number of fused-ring (bicyclic) bond motifs is 1. The summed E-state index contributed by atoms with van der Waals surface area (Å²) in [5.74, 6) is -0.111. The number of ketones is 1. The first-order chi connectivity index (χ1) is 11.8. The summed E-state index contributed by atoms with van der Waals surface area (Å²) in [6.45, 7) is 7.16. The molecular formula is C18H25N3O3S. The molecule has 0 aromatic carbocycles. The highest BCUT2D eigenvalue weighted by molar-refractivity contribution is 7.17. The van der Waals surface area contributed by atoms with Crippen molar-refractivity contribution >= 4 is 34.1 Å². The molecule has 2 heterocycles. The normalized spacial score (nSPS) is 22.4. The quantitative estimate of drug-likeness (QED) is 0.895. The SMILES string of the molecule is CCC(=O)N1CCCC(C(=O)Nc2nc3c(s2)C(=O)CC(C)(C)C3)C1. The van der Waals surface area contributed by atoms with Gasteiger partial charge >= 0.3 is 0 Å². The van der Waals surface area contributed by atoms with Gasteiger partial charge in [0.2, 0.25) is 11.8 Å². The van der Waals surface area contributed by atoms with Crippen LogP contribution < -0.4 is 5.32 Å². The van der Waals surface area contributed by atoms with Gasteiger partial charge in [-0.2, -0.15) is 0 Å². The minimum absolute atomic E-state index is 0.0795. The van der Waals surface area contributed by atoms with Crippen molar-refractivity contribution in [2.75, 3.05) is 18.4 Å². The van der Waals surface area contributed by atoms with Crippen LogP contribution >= 0.6 is 11.3 Å². The fourth-order valence-corrected chi connectivity index (χ4v) is 4.54. The highest BCUT2D eigenvalue weighted by Gasteiger charge is 2.34. The number of likely N-dealkylation sites (tertiary alicyclic amines) is 1. The standard InChI is InChI=1S/C18H25N3O3S/c1-4-14(23)21-7-5-6-11(10-21)16(24)20-17-19-12-8-18(2,3)9-13(22)15(12)25-17/h11H,4-10H2,1-3H3,(H,19,20,24). The molecule has 3 rings (SSSR count). The fourth-order valence-electron chi connectivity index (χ4n) is 3.62. The zero-order valence-corrected chi connectivity index (χ0v) is 15.9. The zero-order valence-electron chi connectivity index (χ0n) is 15.1. The lowest BCUT2D eigenvalue weighted by Gasteiger charge is -2.31. The molecular weight excluding hydrogens is 338 g/mol. The van der Waals surface area contributed by atoms with Crippen LogP contribution in [0.2, 0.25) is 0 Å². The lowest BCUT2D eigenvalue weighted by atomic mass is 9.78. The number of aromatic nitrogens is 1. The largest absolute Gasteiger partial charge is 0.342 e. The molecule has 136 valence electrons. The van der Waals surface area contributed by atoms with Crippen LogP contribution in [0.3, 0.4) is 0 Å². The number of nitrogens with zero attached hydrogens (tertiary/aromatic N) is 2. The maximum absolute atomic E-state index is 12.6. The summed E-state index contributed by atoms with van der Waals surface area (Å²) in [6, 6.07) is 0. The zero-order chi connectivity index (χ0) is 18.2. The second-order valence-corrected chi connectivity index (χ2v) is 8.76. The predicted molar refractivity (Wildman–Crippen MR) is 96.8 cm³/mol. The smallest absolute Gasteiger partial charge is 0.231 e. The summed E-state index contributed by atoms with van der Waals surface area (Å²) in [6.07, 6.45) is 3.35. The molecule has 1 aliphatic heterocycles. The highest BCUT2D eigenvalue weighted by Crippen LogP contribution is 2.38. The van der Waals surface area contributed by atoms with E-state index in [1.165, 1.54) is 11.3 Å². The summed E-state index contributed by atoms with van der Waals surface area (Å²) in [4.78, 5) is 43.7. The van der Waals surface area contributed by atoms with Crippen LogP contribution in [0.5, 0.6) is 0 Å². The van der Waals surface area contributed by atoms with Crippen LogP contribution in [0.1, 0.15) is 61.8 Å². The molecule has 1 unspecified atom stereocenters. The van der Waals surface area contributed by atoms with Crippen LogP contribution in [0.15, 0.2) is 0 Å². The first-order valence-corrected chi connectivity index (χ1v) is 9.72. The van der Waals surface area contributed by atoms with Crippen molar-refractivity contribution in [3.63, 3.8) is 0 Å². The van der Waals surface area contributed by atoms with Gasteiger partial charge in [-0.3, -0.25) is 14.4 Å². The Kier molecular flexibility index (Phi) is 4.95. The highest BCUT2D eigenvalue weighted by atomic mass is 32.1. The van der Waals surface area contributed by atoms with Crippen molar-refractivity contribution in [2.45, 2.75) is 52.9 Å². The third-order valence-corrected chi connectivity index (χ3v) is 5.97. The van der Waals surface area contributed by atoms with E-state index in [1.54, 1.807) is 4.90 Å². The maximum atomic E-state index is 12.6. The van der Waals surface area contributed by atoms with E-state index in [4.69, 9.17) is 0 Å². The Morgan fingerprint density at radius 2 is 2.12 bits per heavy atom. The number of rotatable bonds is 3. The summed E-state index contributed by atoms with van der Waals surface area (Å²) < 4.78 is 0. The Morgan fingerprint density at radius 3 is 2.84 bits per heavy atom. The van der Waals surface area contributed by atoms with E-state index in [9.17, 15) is 14.4 Å². The van der Waals surface area contributed by atoms with E-state index in [2.05, 4.69) is 24.1 Å². The molecule has 1 aliphatic carbocycles. The van der Waals surface area contributed by atoms with Gasteiger partial charge in [0.25, 0.3) is 0 Å². The second kappa shape index (κ2) is 6.86. The predicted octanol–water partition coefficient (Wildman–Crippen LogP) is 2.89. The van der Waals surface area contributed by atoms with Gasteiger partial charge in [-0.05, 0) is 24.7 Å². The molecule has 0 radical (unpaired) electrons. The summed E-state index contributed by atoms with van der Waals surface area (Å²) in [7, 11) is 0. The Morgan fingerprint density at radius 1 is 1.36 bits per heavy atom. The monoisotopic (exact) mass is 363 g/mol. The van der Waals surface area contributed by atoms with Crippen LogP contribution in [0.25, 0.3) is 0 Å². The summed E-state index contributed by atoms with van der Waals surface area (Å²) in [5, 5.41) is 3.37. The third-order valence-electron chi connectivity index (χ3n) is 4.91. The van der Waals surface area contributed by atoms with Crippen LogP contribution in [-0.4, -0.2) is 40.6 Å². The van der Waals surface area contributed by atoms with E-state index in [1.807, 2.05) is 6.92 Å². The number of hydrogen-bond donors (Lipinski definition) is 1. The molecule has 1 aromatic heterocycles. The van der Waals surface area contributed by atoms with Gasteiger partial charge in [0.15, 0.2) is 10.9 Å². The number of Topliss-reactive ketones (excluding diaryl/α,β-unsaturated/α-hetero) is 1. The van der Waals surface area contributed by atoms with Gasteiger partial charge in [0.05, 0.1) is 16.5 Å². The number of piperidine rings is 1. The first-order valence-electron chi connectivity index (χ1n) is 8.90. The first kappa shape index (κ1) is 18.0. The Bertz CT molecular complexity index is 710. The molecule has 2 aliphatic rings. The number of amides is 2. The molecule has 1 fully saturated rings. The Balaban J connectivity index is 1.68. The van der Waals surface area contributed by atoms with Gasteiger partial charge in [-0.1, -0.05) is 32.1 Å². The minimum atomic E-state index is -0.211. The summed E-state index contributed by atoms with van der Waals surface area (Å²) in [5.41, 5.74) is 0.720. The van der Waals surface area contributed by atoms with Gasteiger partial charge in [0.1, 0.15) is 0 Å². The number of anilines is 1. The topological polar surface area (TPSA) is 79.4 Å². The van der Waals surface area contributed by atoms with Crippen molar-refractivity contribution in [1.82, 2.24) is 9.88 Å². The van der Waals surface area contributed by atoms with Crippen molar-refractivity contribution in [3.8, 4) is 0 Å². The average molecular weight is 363 g/mol. The van der Waals surface area contributed by atoms with Crippen LogP contribution in [-0.2, 0) is 16.0 Å². The number of nitrogens with one attached hydrogen (secondary N) is 1. The van der Waals surface area contributed by atoms with E-state index < -0.39 is 0 Å². The van der Waals surface area contributed by atoms with E-state index in [-0.39, 0.29) is 28.9 Å². The third kappa shape index (κ3) is 3.92. The molecule has 0 spiro atoms. The van der Waals surface area contributed by atoms with Gasteiger partial charge in [0, 0.05) is 25.9 Å². The van der Waals surface area contributed by atoms with Crippen molar-refractivity contribution in [2.24, 2.45) is 11.3 Å². The summed E-state index contributed by atoms with van der Waals surface area (Å²) >= 11 is 1.27. The van der Waals surface area contributed by atoms with E-state index in [0.717, 1.165) is 31.5 Å². The Labute approximate surface area is 152 Å². The average Bonchev–Trinajstić information content (AvgIpc) is 2.95. The maximum Gasteiger partial charge on any atom is 0.231 e. The molecule has 0 bridgehead atoms. The van der Waals surface area contributed by atoms with E-state index >= 15 is 0 Å². The van der Waals surface area contributed by atoms with E-state index in [0.29, 0.717) is 29.4 Å². The number of hydrogen-bond acceptors (Lipinski definition) is 5. The number of carbonyl (C=O) groups excluding carboxylic acids is 3. The van der Waals surface area contributed by atoms with Crippen LogP contribution in [0.4, 0.5) is 5.13 Å². The molecule has 1 saturated heterocycles. The van der Waals surface area contributed by atoms with Crippen molar-refractivity contribution in [3.05, 3.63) is 10.6 Å². The molecule has 1 atom stereocenters.